The summed E-state index contributed by atoms with van der Waals surface area (Å²) in [5, 5.41) is 15.6. The molecule has 6 nitrogen and oxygen atoms in total. The molecule has 1 fully saturated rings. The number of nitrogens with zero attached hydrogens (tertiary/aromatic N) is 4. The van der Waals surface area contributed by atoms with Gasteiger partial charge in [0.2, 0.25) is 5.13 Å². The lowest BCUT2D eigenvalue weighted by Crippen LogP contribution is -2.61. The fourth-order valence-corrected chi connectivity index (χ4v) is 5.50. The average Bonchev–Trinajstić information content (AvgIpc) is 3.13. The number of aromatic nitrogens is 3. The van der Waals surface area contributed by atoms with E-state index in [1.165, 1.54) is 0 Å². The highest BCUT2D eigenvalue weighted by Crippen LogP contribution is 2.39. The van der Waals surface area contributed by atoms with E-state index in [1.54, 1.807) is 24.6 Å². The molecule has 0 amide bonds. The SMILES string of the molecule is COc1cc2ncccc2cc1-c1nnc(N(C)C2CC(C)(C)NC(C)(C)C2)s1. The highest BCUT2D eigenvalue weighted by Gasteiger charge is 2.39. The monoisotopic (exact) mass is 411 g/mol. The summed E-state index contributed by atoms with van der Waals surface area (Å²) >= 11 is 1.61. The first kappa shape index (κ1) is 20.0. The summed E-state index contributed by atoms with van der Waals surface area (Å²) in [6, 6.07) is 8.46. The van der Waals surface area contributed by atoms with Crippen LogP contribution in [0, 0.1) is 0 Å². The number of piperidine rings is 1. The predicted molar refractivity (Wildman–Crippen MR) is 120 cm³/mol. The Morgan fingerprint density at radius 2 is 1.86 bits per heavy atom. The molecule has 1 aliphatic heterocycles. The van der Waals surface area contributed by atoms with E-state index in [0.29, 0.717) is 6.04 Å². The Labute approximate surface area is 176 Å². The van der Waals surface area contributed by atoms with Crippen molar-refractivity contribution in [3.63, 3.8) is 0 Å². The van der Waals surface area contributed by atoms with Gasteiger partial charge in [-0.1, -0.05) is 17.4 Å². The molecule has 0 atom stereocenters. The largest absolute Gasteiger partial charge is 0.496 e. The smallest absolute Gasteiger partial charge is 0.208 e. The Bertz CT molecular complexity index is 1010. The first-order valence-electron chi connectivity index (χ1n) is 9.96. The molecule has 1 saturated heterocycles. The van der Waals surface area contributed by atoms with Gasteiger partial charge in [0, 0.05) is 41.8 Å². The molecule has 3 aromatic rings. The van der Waals surface area contributed by atoms with E-state index in [1.807, 2.05) is 12.1 Å². The molecule has 154 valence electrons. The number of benzene rings is 1. The molecule has 0 saturated carbocycles. The third-order valence-electron chi connectivity index (χ3n) is 5.59. The van der Waals surface area contributed by atoms with Gasteiger partial charge in [-0.3, -0.25) is 4.98 Å². The van der Waals surface area contributed by atoms with Crippen molar-refractivity contribution in [1.29, 1.82) is 0 Å². The van der Waals surface area contributed by atoms with Crippen LogP contribution >= 0.6 is 11.3 Å². The second-order valence-electron chi connectivity index (χ2n) is 9.20. The Hall–Kier alpha value is -2.25. The minimum absolute atomic E-state index is 0.0861. The van der Waals surface area contributed by atoms with Crippen LogP contribution in [0.3, 0.4) is 0 Å². The molecule has 1 aromatic carbocycles. The van der Waals surface area contributed by atoms with Crippen LogP contribution in [0.1, 0.15) is 40.5 Å². The number of anilines is 1. The molecule has 0 radical (unpaired) electrons. The van der Waals surface area contributed by atoms with Crippen molar-refractivity contribution in [1.82, 2.24) is 20.5 Å². The maximum absolute atomic E-state index is 5.63. The summed E-state index contributed by atoms with van der Waals surface area (Å²) in [6.45, 7) is 9.09. The zero-order valence-electron chi connectivity index (χ0n) is 18.0. The zero-order valence-corrected chi connectivity index (χ0v) is 18.8. The Balaban J connectivity index is 1.66. The Morgan fingerprint density at radius 1 is 1.14 bits per heavy atom. The molecule has 1 aliphatic rings. The van der Waals surface area contributed by atoms with Crippen molar-refractivity contribution in [2.75, 3.05) is 19.1 Å². The first-order valence-corrected chi connectivity index (χ1v) is 10.8. The van der Waals surface area contributed by atoms with Crippen molar-refractivity contribution in [2.24, 2.45) is 0 Å². The Kier molecular flexibility index (Phi) is 4.99. The van der Waals surface area contributed by atoms with Gasteiger partial charge in [0.15, 0.2) is 5.01 Å². The van der Waals surface area contributed by atoms with E-state index in [-0.39, 0.29) is 11.1 Å². The fourth-order valence-electron chi connectivity index (χ4n) is 4.60. The number of hydrogen-bond acceptors (Lipinski definition) is 7. The van der Waals surface area contributed by atoms with Crippen LogP contribution in [0.25, 0.3) is 21.5 Å². The molecule has 0 unspecified atom stereocenters. The van der Waals surface area contributed by atoms with Gasteiger partial charge < -0.3 is 15.0 Å². The number of rotatable bonds is 4. The van der Waals surface area contributed by atoms with E-state index in [2.05, 4.69) is 72.3 Å². The molecular formula is C22H29N5OS. The topological polar surface area (TPSA) is 63.2 Å². The molecule has 7 heteroatoms. The second-order valence-corrected chi connectivity index (χ2v) is 10.2. The third kappa shape index (κ3) is 4.07. The number of fused-ring (bicyclic) bond motifs is 1. The molecular weight excluding hydrogens is 382 g/mol. The number of pyridine rings is 1. The van der Waals surface area contributed by atoms with Crippen molar-refractivity contribution < 1.29 is 4.74 Å². The lowest BCUT2D eigenvalue weighted by molar-refractivity contribution is 0.161. The summed E-state index contributed by atoms with van der Waals surface area (Å²) in [5.74, 6) is 0.769. The second kappa shape index (κ2) is 7.22. The molecule has 0 spiro atoms. The summed E-state index contributed by atoms with van der Waals surface area (Å²) in [6.07, 6.45) is 3.92. The lowest BCUT2D eigenvalue weighted by Gasteiger charge is -2.48. The van der Waals surface area contributed by atoms with Gasteiger partial charge in [0.25, 0.3) is 0 Å². The molecule has 2 aromatic heterocycles. The molecule has 1 N–H and O–H groups in total. The minimum Gasteiger partial charge on any atom is -0.496 e. The summed E-state index contributed by atoms with van der Waals surface area (Å²) in [4.78, 5) is 6.71. The van der Waals surface area contributed by atoms with Crippen LogP contribution in [0.2, 0.25) is 0 Å². The maximum Gasteiger partial charge on any atom is 0.208 e. The van der Waals surface area contributed by atoms with Crippen LogP contribution in [-0.4, -0.2) is 46.5 Å². The summed E-state index contributed by atoms with van der Waals surface area (Å²) in [5.41, 5.74) is 2.04. The quantitative estimate of drug-likeness (QED) is 0.682. The third-order valence-corrected chi connectivity index (χ3v) is 6.63. The van der Waals surface area contributed by atoms with Gasteiger partial charge in [-0.15, -0.1) is 10.2 Å². The van der Waals surface area contributed by atoms with Crippen LogP contribution in [0.15, 0.2) is 30.5 Å². The fraction of sp³-hybridized carbons (Fsp3) is 0.500. The van der Waals surface area contributed by atoms with Gasteiger partial charge >= 0.3 is 0 Å². The molecule has 0 bridgehead atoms. The van der Waals surface area contributed by atoms with E-state index in [9.17, 15) is 0 Å². The molecule has 4 rings (SSSR count). The van der Waals surface area contributed by atoms with Crippen LogP contribution in [0.5, 0.6) is 5.75 Å². The van der Waals surface area contributed by atoms with E-state index < -0.39 is 0 Å². The van der Waals surface area contributed by atoms with E-state index in [0.717, 1.165) is 45.2 Å². The van der Waals surface area contributed by atoms with Crippen LogP contribution in [0.4, 0.5) is 5.13 Å². The minimum atomic E-state index is 0.0861. The van der Waals surface area contributed by atoms with Gasteiger partial charge in [0.1, 0.15) is 5.75 Å². The van der Waals surface area contributed by atoms with Gasteiger partial charge in [-0.25, -0.2) is 0 Å². The number of ether oxygens (including phenoxy) is 1. The van der Waals surface area contributed by atoms with Crippen molar-refractivity contribution in [3.05, 3.63) is 30.5 Å². The van der Waals surface area contributed by atoms with Gasteiger partial charge in [-0.2, -0.15) is 0 Å². The summed E-state index contributed by atoms with van der Waals surface area (Å²) < 4.78 is 5.63. The number of nitrogens with one attached hydrogen (secondary N) is 1. The van der Waals surface area contributed by atoms with Gasteiger partial charge in [-0.05, 0) is 52.7 Å². The van der Waals surface area contributed by atoms with E-state index >= 15 is 0 Å². The molecule has 3 heterocycles. The highest BCUT2D eigenvalue weighted by atomic mass is 32.1. The summed E-state index contributed by atoms with van der Waals surface area (Å²) in [7, 11) is 3.81. The zero-order chi connectivity index (χ0) is 20.8. The van der Waals surface area contributed by atoms with Crippen molar-refractivity contribution in [2.45, 2.75) is 57.7 Å². The van der Waals surface area contributed by atoms with Crippen molar-refractivity contribution in [3.8, 4) is 16.3 Å². The van der Waals surface area contributed by atoms with Gasteiger partial charge in [0.05, 0.1) is 18.2 Å². The van der Waals surface area contributed by atoms with Crippen LogP contribution in [-0.2, 0) is 0 Å². The lowest BCUT2D eigenvalue weighted by atomic mass is 9.79. The van der Waals surface area contributed by atoms with Crippen molar-refractivity contribution >= 4 is 27.4 Å². The number of hydrogen-bond donors (Lipinski definition) is 1. The predicted octanol–water partition coefficient (Wildman–Crippen LogP) is 4.51. The van der Waals surface area contributed by atoms with E-state index in [4.69, 9.17) is 4.74 Å². The average molecular weight is 412 g/mol. The van der Waals surface area contributed by atoms with Crippen LogP contribution < -0.4 is 15.0 Å². The molecule has 0 aliphatic carbocycles. The standard InChI is InChI=1S/C22H29N5OS/c1-21(2)12-15(13-22(3,4)26-21)27(5)20-25-24-19(29-20)16-10-14-8-7-9-23-17(14)11-18(16)28-6/h7-11,15,26H,12-13H2,1-6H3. The first-order chi connectivity index (χ1) is 13.7. The normalized spacial score (nSPS) is 18.7. The Morgan fingerprint density at radius 3 is 2.55 bits per heavy atom. The highest BCUT2D eigenvalue weighted by molar-refractivity contribution is 7.18. The molecule has 29 heavy (non-hydrogen) atoms. The maximum atomic E-state index is 5.63. The number of methoxy groups -OCH3 is 1.